The number of aryl methyl sites for hydroxylation is 1. The van der Waals surface area contributed by atoms with Gasteiger partial charge in [0, 0.05) is 16.8 Å². The summed E-state index contributed by atoms with van der Waals surface area (Å²) >= 11 is 0. The minimum atomic E-state index is -0.986. The lowest BCUT2D eigenvalue weighted by molar-refractivity contribution is 0.0697. The summed E-state index contributed by atoms with van der Waals surface area (Å²) < 4.78 is 0. The third-order valence-electron chi connectivity index (χ3n) is 3.36. The third kappa shape index (κ3) is 2.56. The summed E-state index contributed by atoms with van der Waals surface area (Å²) in [4.78, 5) is 15.5. The Morgan fingerprint density at radius 2 is 1.86 bits per heavy atom. The number of carboxylic acid groups (broad SMARTS) is 1. The van der Waals surface area contributed by atoms with E-state index in [0.29, 0.717) is 11.2 Å². The fourth-order valence-electron chi connectivity index (χ4n) is 2.32. The van der Waals surface area contributed by atoms with Crippen molar-refractivity contribution in [2.75, 3.05) is 5.32 Å². The summed E-state index contributed by atoms with van der Waals surface area (Å²) in [5, 5.41) is 22.9. The van der Waals surface area contributed by atoms with Crippen molar-refractivity contribution in [3.05, 3.63) is 59.8 Å². The van der Waals surface area contributed by atoms with Crippen LogP contribution in [0, 0.1) is 6.92 Å². The number of benzene rings is 2. The van der Waals surface area contributed by atoms with Crippen LogP contribution in [0.2, 0.25) is 0 Å². The molecule has 0 unspecified atom stereocenters. The number of phenols is 1. The van der Waals surface area contributed by atoms with E-state index in [2.05, 4.69) is 10.3 Å². The van der Waals surface area contributed by atoms with Crippen molar-refractivity contribution in [1.82, 2.24) is 4.98 Å². The molecule has 5 nitrogen and oxygen atoms in total. The highest BCUT2D eigenvalue weighted by atomic mass is 16.4. The maximum atomic E-state index is 11.1. The van der Waals surface area contributed by atoms with Crippen molar-refractivity contribution in [3.8, 4) is 5.75 Å². The van der Waals surface area contributed by atoms with Gasteiger partial charge in [-0.05, 0) is 43.3 Å². The van der Waals surface area contributed by atoms with Crippen LogP contribution in [-0.2, 0) is 0 Å². The van der Waals surface area contributed by atoms with E-state index >= 15 is 0 Å². The highest BCUT2D eigenvalue weighted by Gasteiger charge is 2.10. The molecule has 0 saturated carbocycles. The number of nitrogens with zero attached hydrogens (tertiary/aromatic N) is 1. The van der Waals surface area contributed by atoms with Gasteiger partial charge in [-0.2, -0.15) is 0 Å². The van der Waals surface area contributed by atoms with E-state index in [0.717, 1.165) is 16.8 Å². The molecule has 22 heavy (non-hydrogen) atoms. The van der Waals surface area contributed by atoms with Gasteiger partial charge in [0.2, 0.25) is 0 Å². The van der Waals surface area contributed by atoms with Crippen LogP contribution in [-0.4, -0.2) is 21.2 Å². The van der Waals surface area contributed by atoms with Gasteiger partial charge in [0.15, 0.2) is 0 Å². The molecule has 0 spiro atoms. The number of fused-ring (bicyclic) bond motifs is 1. The Morgan fingerprint density at radius 1 is 1.09 bits per heavy atom. The van der Waals surface area contributed by atoms with Crippen LogP contribution in [0.25, 0.3) is 10.9 Å². The van der Waals surface area contributed by atoms with Crippen LogP contribution < -0.4 is 5.32 Å². The van der Waals surface area contributed by atoms with E-state index in [-0.39, 0.29) is 11.3 Å². The molecule has 3 aromatic rings. The number of pyridine rings is 1. The average Bonchev–Trinajstić information content (AvgIpc) is 2.48. The van der Waals surface area contributed by atoms with E-state index in [1.165, 1.54) is 6.07 Å². The molecular formula is C17H14N2O3. The molecule has 0 fully saturated rings. The van der Waals surface area contributed by atoms with E-state index in [1.54, 1.807) is 30.3 Å². The largest absolute Gasteiger partial charge is 0.506 e. The topological polar surface area (TPSA) is 82.5 Å². The molecule has 110 valence electrons. The van der Waals surface area contributed by atoms with Crippen molar-refractivity contribution in [1.29, 1.82) is 0 Å². The molecule has 0 saturated heterocycles. The lowest BCUT2D eigenvalue weighted by Gasteiger charge is -2.12. The SMILES string of the molecule is Cc1cc(Nc2ccccc2O)c2ccc(C(=O)O)cc2n1. The maximum absolute atomic E-state index is 11.1. The molecule has 2 aromatic carbocycles. The Hall–Kier alpha value is -3.08. The molecule has 1 aromatic heterocycles. The maximum Gasteiger partial charge on any atom is 0.335 e. The molecule has 0 aliphatic carbocycles. The van der Waals surface area contributed by atoms with Crippen LogP contribution in [0.4, 0.5) is 11.4 Å². The van der Waals surface area contributed by atoms with Crippen LogP contribution in [0.1, 0.15) is 16.1 Å². The summed E-state index contributed by atoms with van der Waals surface area (Å²) in [7, 11) is 0. The zero-order chi connectivity index (χ0) is 15.7. The smallest absolute Gasteiger partial charge is 0.335 e. The molecular weight excluding hydrogens is 280 g/mol. The minimum absolute atomic E-state index is 0.146. The number of carboxylic acids is 1. The number of hydrogen-bond acceptors (Lipinski definition) is 4. The molecule has 0 aliphatic rings. The van der Waals surface area contributed by atoms with Crippen LogP contribution in [0.3, 0.4) is 0 Å². The quantitative estimate of drug-likeness (QED) is 0.642. The number of hydrogen-bond donors (Lipinski definition) is 3. The van der Waals surface area contributed by atoms with Crippen molar-refractivity contribution < 1.29 is 15.0 Å². The highest BCUT2D eigenvalue weighted by Crippen LogP contribution is 2.31. The summed E-state index contributed by atoms with van der Waals surface area (Å²) in [5.74, 6) is -0.840. The minimum Gasteiger partial charge on any atom is -0.506 e. The van der Waals surface area contributed by atoms with Gasteiger partial charge in [0.25, 0.3) is 0 Å². The van der Waals surface area contributed by atoms with Gasteiger partial charge in [-0.25, -0.2) is 4.79 Å². The number of anilines is 2. The Balaban J connectivity index is 2.13. The number of aromatic carboxylic acids is 1. The summed E-state index contributed by atoms with van der Waals surface area (Å²) in [5.41, 5.74) is 2.89. The zero-order valence-corrected chi connectivity index (χ0v) is 11.9. The number of nitrogens with one attached hydrogen (secondary N) is 1. The van der Waals surface area contributed by atoms with Gasteiger partial charge in [-0.15, -0.1) is 0 Å². The summed E-state index contributed by atoms with van der Waals surface area (Å²) in [6.45, 7) is 1.84. The first kappa shape index (κ1) is 13.9. The van der Waals surface area contributed by atoms with E-state index in [1.807, 2.05) is 19.1 Å². The Bertz CT molecular complexity index is 875. The van der Waals surface area contributed by atoms with Gasteiger partial charge in [-0.1, -0.05) is 12.1 Å². The fraction of sp³-hybridized carbons (Fsp3) is 0.0588. The van der Waals surface area contributed by atoms with Gasteiger partial charge < -0.3 is 15.5 Å². The molecule has 0 bridgehead atoms. The van der Waals surface area contributed by atoms with Gasteiger partial charge in [0.05, 0.1) is 16.8 Å². The number of para-hydroxylation sites is 2. The molecule has 0 aliphatic heterocycles. The molecule has 5 heteroatoms. The number of aromatic hydroxyl groups is 1. The molecule has 0 atom stereocenters. The van der Waals surface area contributed by atoms with Crippen molar-refractivity contribution in [3.63, 3.8) is 0 Å². The lowest BCUT2D eigenvalue weighted by Crippen LogP contribution is -1.99. The highest BCUT2D eigenvalue weighted by molar-refractivity contribution is 5.98. The summed E-state index contributed by atoms with van der Waals surface area (Å²) in [6, 6.07) is 13.6. The lowest BCUT2D eigenvalue weighted by atomic mass is 10.1. The number of rotatable bonds is 3. The summed E-state index contributed by atoms with van der Waals surface area (Å²) in [6.07, 6.45) is 0. The fourth-order valence-corrected chi connectivity index (χ4v) is 2.32. The van der Waals surface area contributed by atoms with Gasteiger partial charge in [0.1, 0.15) is 5.75 Å². The van der Waals surface area contributed by atoms with Gasteiger partial charge in [-0.3, -0.25) is 4.98 Å². The molecule has 3 N–H and O–H groups in total. The second kappa shape index (κ2) is 5.37. The van der Waals surface area contributed by atoms with Crippen molar-refractivity contribution in [2.45, 2.75) is 6.92 Å². The van der Waals surface area contributed by atoms with Crippen molar-refractivity contribution >= 4 is 28.2 Å². The van der Waals surface area contributed by atoms with E-state index in [9.17, 15) is 9.90 Å². The Morgan fingerprint density at radius 3 is 2.59 bits per heavy atom. The van der Waals surface area contributed by atoms with Crippen LogP contribution in [0.15, 0.2) is 48.5 Å². The molecule has 0 radical (unpaired) electrons. The van der Waals surface area contributed by atoms with Crippen LogP contribution >= 0.6 is 0 Å². The second-order valence-electron chi connectivity index (χ2n) is 4.99. The zero-order valence-electron chi connectivity index (χ0n) is 11.9. The predicted molar refractivity (Wildman–Crippen MR) is 84.8 cm³/mol. The molecule has 0 amide bonds. The Kier molecular flexibility index (Phi) is 3.39. The van der Waals surface area contributed by atoms with Crippen LogP contribution in [0.5, 0.6) is 5.75 Å². The van der Waals surface area contributed by atoms with E-state index in [4.69, 9.17) is 5.11 Å². The third-order valence-corrected chi connectivity index (χ3v) is 3.36. The van der Waals surface area contributed by atoms with Gasteiger partial charge >= 0.3 is 5.97 Å². The number of phenolic OH excluding ortho intramolecular Hbond substituents is 1. The first-order valence-corrected chi connectivity index (χ1v) is 6.74. The Labute approximate surface area is 126 Å². The standard InChI is InChI=1S/C17H14N2O3/c1-10-8-14(19-13-4-2-3-5-16(13)20)12-7-6-11(17(21)22)9-15(12)18-10/h2-9,20H,1H3,(H,18,19)(H,21,22). The first-order chi connectivity index (χ1) is 10.5. The van der Waals surface area contributed by atoms with E-state index < -0.39 is 5.97 Å². The second-order valence-corrected chi connectivity index (χ2v) is 4.99. The first-order valence-electron chi connectivity index (χ1n) is 6.74. The van der Waals surface area contributed by atoms with Crippen molar-refractivity contribution in [2.24, 2.45) is 0 Å². The predicted octanol–water partition coefficient (Wildman–Crippen LogP) is 3.69. The average molecular weight is 294 g/mol. The molecule has 3 rings (SSSR count). The number of aromatic nitrogens is 1. The molecule has 1 heterocycles. The monoisotopic (exact) mass is 294 g/mol. The number of carbonyl (C=O) groups is 1. The normalized spacial score (nSPS) is 10.6.